The highest BCUT2D eigenvalue weighted by molar-refractivity contribution is 5.85. The van der Waals surface area contributed by atoms with Gasteiger partial charge in [0.2, 0.25) is 5.91 Å². The minimum atomic E-state index is -0.391. The lowest BCUT2D eigenvalue weighted by molar-refractivity contribution is -0.132. The topological polar surface area (TPSA) is 49.6 Å². The van der Waals surface area contributed by atoms with Crippen LogP contribution in [0.1, 0.15) is 13.3 Å². The first-order chi connectivity index (χ1) is 9.11. The van der Waals surface area contributed by atoms with E-state index in [0.717, 1.165) is 18.8 Å². The second-order valence-corrected chi connectivity index (χ2v) is 4.80. The molecule has 1 heterocycles. The molecule has 4 nitrogen and oxygen atoms in total. The highest BCUT2D eigenvalue weighted by Gasteiger charge is 2.24. The van der Waals surface area contributed by atoms with Gasteiger partial charge in [0.15, 0.2) is 0 Å². The van der Waals surface area contributed by atoms with Gasteiger partial charge in [-0.2, -0.15) is 0 Å². The second-order valence-electron chi connectivity index (χ2n) is 4.80. The molecule has 1 atom stereocenters. The second kappa shape index (κ2) is 9.07. The Hall–Kier alpha value is -1.04. The van der Waals surface area contributed by atoms with E-state index in [9.17, 15) is 9.18 Å². The predicted octanol–water partition coefficient (Wildman–Crippen LogP) is 2.06. The molecule has 1 aliphatic rings. The number of nitrogens with two attached hydrogens (primary N) is 1. The van der Waals surface area contributed by atoms with E-state index in [-0.39, 0.29) is 36.5 Å². The molecule has 0 bridgehead atoms. The van der Waals surface area contributed by atoms with Gasteiger partial charge in [-0.15, -0.1) is 24.8 Å². The van der Waals surface area contributed by atoms with Crippen molar-refractivity contribution in [2.24, 2.45) is 5.73 Å². The van der Waals surface area contributed by atoms with Crippen LogP contribution in [0.15, 0.2) is 24.3 Å². The molecule has 2 rings (SSSR count). The Labute approximate surface area is 137 Å². The Morgan fingerprint density at radius 2 is 1.71 bits per heavy atom. The van der Waals surface area contributed by atoms with Gasteiger partial charge in [0, 0.05) is 31.9 Å². The molecule has 1 aliphatic heterocycles. The van der Waals surface area contributed by atoms with Gasteiger partial charge < -0.3 is 15.5 Å². The number of rotatable bonds is 3. The van der Waals surface area contributed by atoms with Crippen LogP contribution in [-0.2, 0) is 4.79 Å². The van der Waals surface area contributed by atoms with Crippen LogP contribution in [0.2, 0.25) is 0 Å². The maximum Gasteiger partial charge on any atom is 0.239 e. The molecule has 0 aromatic heterocycles. The number of halogens is 3. The van der Waals surface area contributed by atoms with E-state index in [1.54, 1.807) is 12.1 Å². The number of hydrogen-bond acceptors (Lipinski definition) is 3. The molecule has 1 aromatic carbocycles. The van der Waals surface area contributed by atoms with Crippen molar-refractivity contribution in [3.05, 3.63) is 30.1 Å². The Kier molecular flexibility index (Phi) is 8.63. The lowest BCUT2D eigenvalue weighted by atomic mass is 10.2. The first kappa shape index (κ1) is 20.0. The standard InChI is InChI=1S/C14H20FN3O.2ClH/c1-2-13(16)14(19)18-9-7-17(8-10-18)12-5-3-11(15)4-6-12;;/h3-6,13H,2,7-10,16H2,1H3;2*1H/t13-;;/m0../s1. The number of piperazine rings is 1. The predicted molar refractivity (Wildman–Crippen MR) is 88.0 cm³/mol. The van der Waals surface area contributed by atoms with E-state index in [4.69, 9.17) is 5.73 Å². The molecule has 1 amide bonds. The maximum absolute atomic E-state index is 12.9. The molecule has 0 saturated carbocycles. The van der Waals surface area contributed by atoms with Gasteiger partial charge in [0.1, 0.15) is 5.82 Å². The number of carbonyl (C=O) groups excluding carboxylic acids is 1. The average molecular weight is 338 g/mol. The van der Waals surface area contributed by atoms with Gasteiger partial charge in [-0.1, -0.05) is 6.92 Å². The molecule has 0 radical (unpaired) electrons. The van der Waals surface area contributed by atoms with Crippen LogP contribution in [0.25, 0.3) is 0 Å². The summed E-state index contributed by atoms with van der Waals surface area (Å²) in [5, 5.41) is 0. The summed E-state index contributed by atoms with van der Waals surface area (Å²) < 4.78 is 12.9. The van der Waals surface area contributed by atoms with Crippen LogP contribution in [0, 0.1) is 5.82 Å². The van der Waals surface area contributed by atoms with Gasteiger partial charge >= 0.3 is 0 Å². The van der Waals surface area contributed by atoms with Crippen molar-refractivity contribution in [2.45, 2.75) is 19.4 Å². The molecular formula is C14H22Cl2FN3O. The lowest BCUT2D eigenvalue weighted by Crippen LogP contribution is -2.53. The molecule has 120 valence electrons. The fraction of sp³-hybridized carbons (Fsp3) is 0.500. The van der Waals surface area contributed by atoms with Gasteiger partial charge in [-0.05, 0) is 30.7 Å². The van der Waals surface area contributed by atoms with E-state index in [2.05, 4.69) is 4.90 Å². The van der Waals surface area contributed by atoms with E-state index in [1.165, 1.54) is 12.1 Å². The number of hydrogen-bond donors (Lipinski definition) is 1. The Balaban J connectivity index is 0.00000200. The molecular weight excluding hydrogens is 316 g/mol. The van der Waals surface area contributed by atoms with Crippen LogP contribution in [0.3, 0.4) is 0 Å². The highest BCUT2D eigenvalue weighted by Crippen LogP contribution is 2.17. The fourth-order valence-corrected chi connectivity index (χ4v) is 2.25. The number of benzene rings is 1. The first-order valence-corrected chi connectivity index (χ1v) is 6.66. The van der Waals surface area contributed by atoms with E-state index in [0.29, 0.717) is 19.5 Å². The SMILES string of the molecule is CC[C@H](N)C(=O)N1CCN(c2ccc(F)cc2)CC1.Cl.Cl. The summed E-state index contributed by atoms with van der Waals surface area (Å²) in [7, 11) is 0. The van der Waals surface area contributed by atoms with E-state index < -0.39 is 6.04 Å². The molecule has 0 unspecified atom stereocenters. The van der Waals surface area contributed by atoms with Crippen molar-refractivity contribution in [3.8, 4) is 0 Å². The van der Waals surface area contributed by atoms with Crippen LogP contribution in [-0.4, -0.2) is 43.0 Å². The van der Waals surface area contributed by atoms with Crippen LogP contribution < -0.4 is 10.6 Å². The number of nitrogens with zero attached hydrogens (tertiary/aromatic N) is 2. The van der Waals surface area contributed by atoms with Gasteiger partial charge in [0.05, 0.1) is 6.04 Å². The quantitative estimate of drug-likeness (QED) is 0.918. The molecule has 1 saturated heterocycles. The highest BCUT2D eigenvalue weighted by atomic mass is 35.5. The van der Waals surface area contributed by atoms with Crippen molar-refractivity contribution < 1.29 is 9.18 Å². The summed E-state index contributed by atoms with van der Waals surface area (Å²) in [6.07, 6.45) is 0.664. The van der Waals surface area contributed by atoms with Crippen LogP contribution in [0.5, 0.6) is 0 Å². The normalized spacial score (nSPS) is 15.8. The van der Waals surface area contributed by atoms with Crippen molar-refractivity contribution >= 4 is 36.4 Å². The van der Waals surface area contributed by atoms with Crippen molar-refractivity contribution in [3.63, 3.8) is 0 Å². The number of amides is 1. The third-order valence-electron chi connectivity index (χ3n) is 3.54. The Bertz CT molecular complexity index is 436. The van der Waals surface area contributed by atoms with E-state index in [1.807, 2.05) is 11.8 Å². The fourth-order valence-electron chi connectivity index (χ4n) is 2.25. The zero-order chi connectivity index (χ0) is 13.8. The third kappa shape index (κ3) is 5.02. The van der Waals surface area contributed by atoms with Crippen LogP contribution >= 0.6 is 24.8 Å². The first-order valence-electron chi connectivity index (χ1n) is 6.66. The monoisotopic (exact) mass is 337 g/mol. The minimum Gasteiger partial charge on any atom is -0.368 e. The lowest BCUT2D eigenvalue weighted by Gasteiger charge is -2.37. The molecule has 1 aromatic rings. The molecule has 7 heteroatoms. The number of anilines is 1. The summed E-state index contributed by atoms with van der Waals surface area (Å²) >= 11 is 0. The molecule has 0 aliphatic carbocycles. The summed E-state index contributed by atoms with van der Waals surface area (Å²) in [5.74, 6) is -0.201. The number of carbonyl (C=O) groups is 1. The largest absolute Gasteiger partial charge is 0.368 e. The zero-order valence-corrected chi connectivity index (χ0v) is 13.6. The van der Waals surface area contributed by atoms with E-state index >= 15 is 0 Å². The Morgan fingerprint density at radius 3 is 2.19 bits per heavy atom. The van der Waals surface area contributed by atoms with Gasteiger partial charge in [-0.25, -0.2) is 4.39 Å². The zero-order valence-electron chi connectivity index (χ0n) is 12.0. The summed E-state index contributed by atoms with van der Waals surface area (Å²) in [6.45, 7) is 4.77. The summed E-state index contributed by atoms with van der Waals surface area (Å²) in [6, 6.07) is 6.06. The molecule has 1 fully saturated rings. The Morgan fingerprint density at radius 1 is 1.19 bits per heavy atom. The molecule has 21 heavy (non-hydrogen) atoms. The van der Waals surface area contributed by atoms with Crippen molar-refractivity contribution in [1.29, 1.82) is 0 Å². The third-order valence-corrected chi connectivity index (χ3v) is 3.54. The minimum absolute atomic E-state index is 0. The summed E-state index contributed by atoms with van der Waals surface area (Å²) in [5.41, 5.74) is 6.76. The van der Waals surface area contributed by atoms with Crippen molar-refractivity contribution in [2.75, 3.05) is 31.1 Å². The summed E-state index contributed by atoms with van der Waals surface area (Å²) in [4.78, 5) is 15.9. The van der Waals surface area contributed by atoms with Gasteiger partial charge in [-0.3, -0.25) is 4.79 Å². The maximum atomic E-state index is 12.9. The molecule has 0 spiro atoms. The smallest absolute Gasteiger partial charge is 0.239 e. The average Bonchev–Trinajstić information content (AvgIpc) is 2.46. The van der Waals surface area contributed by atoms with Crippen LogP contribution in [0.4, 0.5) is 10.1 Å². The van der Waals surface area contributed by atoms with Gasteiger partial charge in [0.25, 0.3) is 0 Å². The molecule has 2 N–H and O–H groups in total. The van der Waals surface area contributed by atoms with Crippen molar-refractivity contribution in [1.82, 2.24) is 4.90 Å².